The molecule has 1 aliphatic rings. The van der Waals surface area contributed by atoms with Gasteiger partial charge < -0.3 is 9.47 Å². The van der Waals surface area contributed by atoms with E-state index in [-0.39, 0.29) is 22.7 Å². The highest BCUT2D eigenvalue weighted by molar-refractivity contribution is 7.89. The SMILES string of the molecule is CC(C)(C)c1ccc(C(=O)COc2ccc(S(=O)(=O)N3CCOCC3)cc2)cc1. The van der Waals surface area contributed by atoms with Gasteiger partial charge in [-0.05, 0) is 35.2 Å². The number of benzene rings is 2. The van der Waals surface area contributed by atoms with Gasteiger partial charge in [0.1, 0.15) is 5.75 Å². The Balaban J connectivity index is 1.60. The standard InChI is InChI=1S/C22H27NO5S/c1-22(2,3)18-6-4-17(5-7-18)21(24)16-28-19-8-10-20(11-9-19)29(25,26)23-12-14-27-15-13-23/h4-11H,12-16H2,1-3H3. The fourth-order valence-corrected chi connectivity index (χ4v) is 4.44. The third-order valence-electron chi connectivity index (χ3n) is 4.87. The molecule has 0 spiro atoms. The number of carbonyl (C=O) groups is 1. The molecule has 1 aliphatic heterocycles. The van der Waals surface area contributed by atoms with Crippen LogP contribution in [0.15, 0.2) is 53.4 Å². The fourth-order valence-electron chi connectivity index (χ4n) is 3.03. The van der Waals surface area contributed by atoms with Crippen LogP contribution in [0.1, 0.15) is 36.7 Å². The largest absolute Gasteiger partial charge is 0.485 e. The molecule has 2 aromatic rings. The van der Waals surface area contributed by atoms with Gasteiger partial charge >= 0.3 is 0 Å². The molecule has 0 radical (unpaired) electrons. The molecule has 7 heteroatoms. The number of Topliss-reactive ketones (excluding diaryl/α,β-unsaturated/α-hetero) is 1. The van der Waals surface area contributed by atoms with Crippen molar-refractivity contribution in [2.75, 3.05) is 32.9 Å². The van der Waals surface area contributed by atoms with Crippen LogP contribution in [0.2, 0.25) is 0 Å². The number of rotatable bonds is 6. The number of ether oxygens (including phenoxy) is 2. The lowest BCUT2D eigenvalue weighted by molar-refractivity contribution is 0.0730. The van der Waals surface area contributed by atoms with Gasteiger partial charge in [0.2, 0.25) is 10.0 Å². The van der Waals surface area contributed by atoms with Crippen LogP contribution >= 0.6 is 0 Å². The third kappa shape index (κ3) is 5.23. The highest BCUT2D eigenvalue weighted by Gasteiger charge is 2.26. The van der Waals surface area contributed by atoms with E-state index in [1.165, 1.54) is 16.4 Å². The Bertz CT molecular complexity index is 938. The van der Waals surface area contributed by atoms with Crippen molar-refractivity contribution < 1.29 is 22.7 Å². The summed E-state index contributed by atoms with van der Waals surface area (Å²) in [6.45, 7) is 7.76. The van der Waals surface area contributed by atoms with Crippen molar-refractivity contribution in [3.8, 4) is 5.75 Å². The van der Waals surface area contributed by atoms with E-state index >= 15 is 0 Å². The molecule has 0 aromatic heterocycles. The van der Waals surface area contributed by atoms with E-state index < -0.39 is 10.0 Å². The Morgan fingerprint density at radius 1 is 1.00 bits per heavy atom. The Morgan fingerprint density at radius 3 is 2.14 bits per heavy atom. The fraction of sp³-hybridized carbons (Fsp3) is 0.409. The topological polar surface area (TPSA) is 72.9 Å². The lowest BCUT2D eigenvalue weighted by atomic mass is 9.86. The summed E-state index contributed by atoms with van der Waals surface area (Å²) in [5.41, 5.74) is 1.78. The zero-order valence-electron chi connectivity index (χ0n) is 17.1. The average molecular weight is 418 g/mol. The first-order valence-corrected chi connectivity index (χ1v) is 11.1. The van der Waals surface area contributed by atoms with Crippen LogP contribution in [0.4, 0.5) is 0 Å². The molecule has 1 fully saturated rings. The van der Waals surface area contributed by atoms with Crippen LogP contribution in [-0.2, 0) is 20.2 Å². The Morgan fingerprint density at radius 2 is 1.59 bits per heavy atom. The molecule has 156 valence electrons. The molecule has 1 heterocycles. The maximum atomic E-state index is 12.6. The molecule has 0 unspecified atom stereocenters. The van der Waals surface area contributed by atoms with Gasteiger partial charge in [0.05, 0.1) is 18.1 Å². The van der Waals surface area contributed by atoms with Gasteiger partial charge in [0.15, 0.2) is 12.4 Å². The number of ketones is 1. The van der Waals surface area contributed by atoms with Crippen LogP contribution in [-0.4, -0.2) is 51.4 Å². The van der Waals surface area contributed by atoms with Crippen molar-refractivity contribution in [3.05, 3.63) is 59.7 Å². The number of carbonyl (C=O) groups excluding carboxylic acids is 1. The van der Waals surface area contributed by atoms with E-state index in [9.17, 15) is 13.2 Å². The predicted octanol–water partition coefficient (Wildman–Crippen LogP) is 3.27. The third-order valence-corrected chi connectivity index (χ3v) is 6.79. The Labute approximate surface area is 172 Å². The van der Waals surface area contributed by atoms with E-state index in [1.807, 2.05) is 24.3 Å². The summed E-state index contributed by atoms with van der Waals surface area (Å²) >= 11 is 0. The highest BCUT2D eigenvalue weighted by atomic mass is 32.2. The molecule has 0 saturated carbocycles. The van der Waals surface area contributed by atoms with Crippen molar-refractivity contribution in [2.45, 2.75) is 31.1 Å². The average Bonchev–Trinajstić information content (AvgIpc) is 2.72. The minimum atomic E-state index is -3.54. The van der Waals surface area contributed by atoms with E-state index in [0.717, 1.165) is 5.56 Å². The van der Waals surface area contributed by atoms with E-state index in [2.05, 4.69) is 20.8 Å². The van der Waals surface area contributed by atoms with Crippen LogP contribution < -0.4 is 4.74 Å². The Hall–Kier alpha value is -2.22. The van der Waals surface area contributed by atoms with Gasteiger partial charge in [-0.15, -0.1) is 0 Å². The first-order chi connectivity index (χ1) is 13.7. The van der Waals surface area contributed by atoms with Crippen LogP contribution in [0, 0.1) is 0 Å². The minimum Gasteiger partial charge on any atom is -0.485 e. The molecule has 2 aromatic carbocycles. The van der Waals surface area contributed by atoms with Gasteiger partial charge in [-0.3, -0.25) is 4.79 Å². The lowest BCUT2D eigenvalue weighted by Gasteiger charge is -2.26. The summed E-state index contributed by atoms with van der Waals surface area (Å²) in [7, 11) is -3.54. The van der Waals surface area contributed by atoms with Crippen LogP contribution in [0.3, 0.4) is 0 Å². The smallest absolute Gasteiger partial charge is 0.243 e. The highest BCUT2D eigenvalue weighted by Crippen LogP contribution is 2.23. The van der Waals surface area contributed by atoms with Crippen molar-refractivity contribution in [3.63, 3.8) is 0 Å². The molecular weight excluding hydrogens is 390 g/mol. The zero-order valence-corrected chi connectivity index (χ0v) is 17.9. The predicted molar refractivity (Wildman–Crippen MR) is 111 cm³/mol. The summed E-state index contributed by atoms with van der Waals surface area (Å²) < 4.78 is 37.4. The molecule has 0 amide bonds. The molecule has 3 rings (SSSR count). The summed E-state index contributed by atoms with van der Waals surface area (Å²) in [5, 5.41) is 0. The minimum absolute atomic E-state index is 0.0291. The molecule has 6 nitrogen and oxygen atoms in total. The lowest BCUT2D eigenvalue weighted by Crippen LogP contribution is -2.40. The monoisotopic (exact) mass is 417 g/mol. The van der Waals surface area contributed by atoms with E-state index in [0.29, 0.717) is 37.6 Å². The quantitative estimate of drug-likeness (QED) is 0.675. The Kier molecular flexibility index (Phi) is 6.41. The normalized spacial score (nSPS) is 15.8. The van der Waals surface area contributed by atoms with Crippen molar-refractivity contribution in [1.82, 2.24) is 4.31 Å². The second-order valence-electron chi connectivity index (χ2n) is 8.03. The van der Waals surface area contributed by atoms with Gasteiger partial charge in [-0.1, -0.05) is 45.0 Å². The maximum absolute atomic E-state index is 12.6. The zero-order chi connectivity index (χ0) is 21.1. The number of morpholine rings is 1. The molecule has 0 atom stereocenters. The molecule has 0 N–H and O–H groups in total. The molecule has 0 aliphatic carbocycles. The number of sulfonamides is 1. The molecular formula is C22H27NO5S. The first kappa shape index (κ1) is 21.5. The van der Waals surface area contributed by atoms with Crippen molar-refractivity contribution in [1.29, 1.82) is 0 Å². The maximum Gasteiger partial charge on any atom is 0.243 e. The van der Waals surface area contributed by atoms with E-state index in [1.54, 1.807) is 12.1 Å². The summed E-state index contributed by atoms with van der Waals surface area (Å²) in [5.74, 6) is 0.320. The summed E-state index contributed by atoms with van der Waals surface area (Å²) in [4.78, 5) is 12.6. The van der Waals surface area contributed by atoms with Gasteiger partial charge in [0, 0.05) is 18.7 Å². The number of nitrogens with zero attached hydrogens (tertiary/aromatic N) is 1. The second-order valence-corrected chi connectivity index (χ2v) is 9.96. The van der Waals surface area contributed by atoms with E-state index in [4.69, 9.17) is 9.47 Å². The molecule has 0 bridgehead atoms. The molecule has 29 heavy (non-hydrogen) atoms. The first-order valence-electron chi connectivity index (χ1n) is 9.62. The van der Waals surface area contributed by atoms with Gasteiger partial charge in [0.25, 0.3) is 0 Å². The van der Waals surface area contributed by atoms with Crippen molar-refractivity contribution in [2.24, 2.45) is 0 Å². The number of hydrogen-bond donors (Lipinski definition) is 0. The molecule has 1 saturated heterocycles. The summed E-state index contributed by atoms with van der Waals surface area (Å²) in [6.07, 6.45) is 0. The van der Waals surface area contributed by atoms with Gasteiger partial charge in [-0.25, -0.2) is 8.42 Å². The van der Waals surface area contributed by atoms with Gasteiger partial charge in [-0.2, -0.15) is 4.31 Å². The second kappa shape index (κ2) is 8.65. The van der Waals surface area contributed by atoms with Crippen molar-refractivity contribution >= 4 is 15.8 Å². The van der Waals surface area contributed by atoms with Crippen LogP contribution in [0.5, 0.6) is 5.75 Å². The van der Waals surface area contributed by atoms with Crippen LogP contribution in [0.25, 0.3) is 0 Å². The number of hydrogen-bond acceptors (Lipinski definition) is 5. The summed E-state index contributed by atoms with van der Waals surface area (Å²) in [6, 6.07) is 13.7.